The van der Waals surface area contributed by atoms with E-state index >= 15 is 0 Å². The van der Waals surface area contributed by atoms with Crippen molar-refractivity contribution in [3.63, 3.8) is 0 Å². The van der Waals surface area contributed by atoms with Gasteiger partial charge in [-0.1, -0.05) is 78.9 Å². The van der Waals surface area contributed by atoms with Gasteiger partial charge in [-0.2, -0.15) is 0 Å². The van der Waals surface area contributed by atoms with E-state index in [0.717, 1.165) is 27.8 Å². The Morgan fingerprint density at radius 3 is 2.24 bits per heavy atom. The van der Waals surface area contributed by atoms with Crippen LogP contribution in [0, 0.1) is 0 Å². The van der Waals surface area contributed by atoms with E-state index in [2.05, 4.69) is 17.4 Å². The van der Waals surface area contributed by atoms with Gasteiger partial charge in [0.2, 0.25) is 5.91 Å². The minimum atomic E-state index is -1.47. The predicted molar refractivity (Wildman–Crippen MR) is 158 cm³/mol. The molecule has 0 saturated carbocycles. The zero-order chi connectivity index (χ0) is 29.7. The Labute approximate surface area is 246 Å². The summed E-state index contributed by atoms with van der Waals surface area (Å²) >= 11 is 0. The van der Waals surface area contributed by atoms with Crippen LogP contribution in [-0.2, 0) is 25.6 Å². The molecule has 1 aliphatic carbocycles. The smallest absolute Gasteiger partial charge is 0.407 e. The summed E-state index contributed by atoms with van der Waals surface area (Å²) in [5.74, 6) is -1.59. The Morgan fingerprint density at radius 2 is 1.62 bits per heavy atom. The number of likely N-dealkylation sites (N-methyl/N-ethyl adjacent to an activating group) is 1. The maximum absolute atomic E-state index is 13.8. The number of carbonyl (C=O) groups excluding carboxylic acids is 2. The first-order valence-electron chi connectivity index (χ1n) is 14.2. The summed E-state index contributed by atoms with van der Waals surface area (Å²) in [5, 5.41) is 12.6. The molecule has 3 aromatic rings. The first-order chi connectivity index (χ1) is 20.3. The van der Waals surface area contributed by atoms with E-state index in [9.17, 15) is 19.5 Å². The third-order valence-electron chi connectivity index (χ3n) is 8.27. The monoisotopic (exact) mass is 571 g/mol. The molecule has 2 aliphatic rings. The van der Waals surface area contributed by atoms with Gasteiger partial charge in [0.1, 0.15) is 12.6 Å². The predicted octanol–water partition coefficient (Wildman–Crippen LogP) is 4.12. The van der Waals surface area contributed by atoms with Crippen LogP contribution in [0.3, 0.4) is 0 Å². The van der Waals surface area contributed by atoms with Gasteiger partial charge in [-0.15, -0.1) is 0 Å². The molecule has 0 bridgehead atoms. The van der Waals surface area contributed by atoms with Gasteiger partial charge >= 0.3 is 12.1 Å². The van der Waals surface area contributed by atoms with Crippen molar-refractivity contribution in [2.75, 3.05) is 40.4 Å². The molecule has 5 rings (SSSR count). The van der Waals surface area contributed by atoms with Crippen LogP contribution < -0.4 is 5.32 Å². The third-order valence-corrected chi connectivity index (χ3v) is 8.27. The summed E-state index contributed by atoms with van der Waals surface area (Å²) in [4.78, 5) is 42.5. The number of likely N-dealkylation sites (tertiary alicyclic amines) is 1. The first-order valence-corrected chi connectivity index (χ1v) is 14.2. The lowest BCUT2D eigenvalue weighted by Crippen LogP contribution is -2.60. The highest BCUT2D eigenvalue weighted by Crippen LogP contribution is 2.44. The summed E-state index contributed by atoms with van der Waals surface area (Å²) in [7, 11) is 3.22. The molecule has 2 unspecified atom stereocenters. The van der Waals surface area contributed by atoms with Crippen molar-refractivity contribution in [1.29, 1.82) is 0 Å². The van der Waals surface area contributed by atoms with Gasteiger partial charge in [-0.05, 0) is 47.7 Å². The SMILES string of the molecule is COC1(C(=O)O)CCCN(C(=O)C(CN(C)Cc2ccccc2)NC(=O)OCC2c3ccccc3-c3ccccc32)C1. The fraction of sp³-hybridized carbons (Fsp3) is 0.364. The van der Waals surface area contributed by atoms with Crippen LogP contribution in [0.4, 0.5) is 4.79 Å². The Balaban J connectivity index is 1.30. The Kier molecular flexibility index (Phi) is 8.89. The van der Waals surface area contributed by atoms with Crippen molar-refractivity contribution in [2.45, 2.75) is 36.9 Å². The van der Waals surface area contributed by atoms with Gasteiger partial charge in [0.15, 0.2) is 5.60 Å². The van der Waals surface area contributed by atoms with Gasteiger partial charge < -0.3 is 24.8 Å². The molecule has 220 valence electrons. The average molecular weight is 572 g/mol. The molecular formula is C33H37N3O6. The number of fused-ring (bicyclic) bond motifs is 3. The van der Waals surface area contributed by atoms with E-state index in [1.807, 2.05) is 78.7 Å². The maximum Gasteiger partial charge on any atom is 0.407 e. The number of rotatable bonds is 10. The van der Waals surface area contributed by atoms with Crippen molar-refractivity contribution in [3.05, 3.63) is 95.6 Å². The lowest BCUT2D eigenvalue weighted by molar-refractivity contribution is -0.171. The number of hydrogen-bond acceptors (Lipinski definition) is 6. The third kappa shape index (κ3) is 6.17. The molecule has 0 radical (unpaired) electrons. The fourth-order valence-corrected chi connectivity index (χ4v) is 6.10. The highest BCUT2D eigenvalue weighted by Gasteiger charge is 2.45. The van der Waals surface area contributed by atoms with E-state index in [1.54, 1.807) is 0 Å². The van der Waals surface area contributed by atoms with Crippen molar-refractivity contribution >= 4 is 18.0 Å². The molecule has 1 saturated heterocycles. The number of nitrogens with zero attached hydrogens (tertiary/aromatic N) is 2. The van der Waals surface area contributed by atoms with Crippen LogP contribution in [0.5, 0.6) is 0 Å². The van der Waals surface area contributed by atoms with E-state index < -0.39 is 23.7 Å². The number of carboxylic acids is 1. The zero-order valence-electron chi connectivity index (χ0n) is 24.0. The Bertz CT molecular complexity index is 1380. The summed E-state index contributed by atoms with van der Waals surface area (Å²) in [6.45, 7) is 1.18. The summed E-state index contributed by atoms with van der Waals surface area (Å²) in [5.41, 5.74) is 4.04. The average Bonchev–Trinajstić information content (AvgIpc) is 3.33. The largest absolute Gasteiger partial charge is 0.479 e. The second-order valence-corrected chi connectivity index (χ2v) is 11.1. The Morgan fingerprint density at radius 1 is 1.00 bits per heavy atom. The number of benzene rings is 3. The molecule has 0 aromatic heterocycles. The number of alkyl carbamates (subject to hydrolysis) is 1. The molecule has 42 heavy (non-hydrogen) atoms. The number of carboxylic acid groups (broad SMARTS) is 1. The van der Waals surface area contributed by atoms with E-state index in [1.165, 1.54) is 12.0 Å². The van der Waals surface area contributed by atoms with Crippen LogP contribution in [-0.4, -0.2) is 84.9 Å². The molecule has 2 amide bonds. The van der Waals surface area contributed by atoms with Gasteiger partial charge in [0.05, 0.1) is 6.54 Å². The highest BCUT2D eigenvalue weighted by atomic mass is 16.5. The second kappa shape index (κ2) is 12.8. The van der Waals surface area contributed by atoms with E-state index in [0.29, 0.717) is 25.9 Å². The summed E-state index contributed by atoms with van der Waals surface area (Å²) in [6, 6.07) is 25.1. The number of aliphatic carboxylic acids is 1. The number of hydrogen-bond donors (Lipinski definition) is 2. The standard InChI is InChI=1S/C33H37N3O6/c1-35(19-23-11-4-3-5-12-23)20-29(30(37)36-18-10-17-33(22-36,41-2)31(38)39)34-32(40)42-21-28-26-15-8-6-13-24(26)25-14-7-9-16-27(25)28/h3-9,11-16,28-29H,10,17-22H2,1-2H3,(H,34,40)(H,38,39). The number of amides is 2. The quantitative estimate of drug-likeness (QED) is 0.377. The van der Waals surface area contributed by atoms with Crippen LogP contribution >= 0.6 is 0 Å². The van der Waals surface area contributed by atoms with Crippen molar-refractivity contribution in [2.24, 2.45) is 0 Å². The molecule has 0 spiro atoms. The first kappa shape index (κ1) is 29.3. The molecule has 1 aliphatic heterocycles. The Hall–Kier alpha value is -4.21. The molecule has 1 heterocycles. The fourth-order valence-electron chi connectivity index (χ4n) is 6.10. The summed E-state index contributed by atoms with van der Waals surface area (Å²) < 4.78 is 11.1. The summed E-state index contributed by atoms with van der Waals surface area (Å²) in [6.07, 6.45) is 0.0845. The minimum Gasteiger partial charge on any atom is -0.479 e. The lowest BCUT2D eigenvalue weighted by Gasteiger charge is -2.40. The number of piperidine rings is 1. The molecule has 3 aromatic carbocycles. The lowest BCUT2D eigenvalue weighted by atomic mass is 9.92. The van der Waals surface area contributed by atoms with Gasteiger partial charge in [0, 0.05) is 32.7 Å². The van der Waals surface area contributed by atoms with Crippen LogP contribution in [0.25, 0.3) is 11.1 Å². The molecule has 9 heteroatoms. The number of carbonyl (C=O) groups is 3. The number of ether oxygens (including phenoxy) is 2. The molecule has 2 atom stereocenters. The van der Waals surface area contributed by atoms with Crippen LogP contribution in [0.1, 0.15) is 35.4 Å². The van der Waals surface area contributed by atoms with E-state index in [-0.39, 0.29) is 31.5 Å². The van der Waals surface area contributed by atoms with E-state index in [4.69, 9.17) is 9.47 Å². The van der Waals surface area contributed by atoms with Gasteiger partial charge in [0.25, 0.3) is 0 Å². The highest BCUT2D eigenvalue weighted by molar-refractivity contribution is 5.87. The van der Waals surface area contributed by atoms with Crippen LogP contribution in [0.15, 0.2) is 78.9 Å². The van der Waals surface area contributed by atoms with Crippen molar-refractivity contribution in [1.82, 2.24) is 15.1 Å². The second-order valence-electron chi connectivity index (χ2n) is 11.1. The van der Waals surface area contributed by atoms with Crippen LogP contribution in [0.2, 0.25) is 0 Å². The zero-order valence-corrected chi connectivity index (χ0v) is 24.0. The van der Waals surface area contributed by atoms with Gasteiger partial charge in [-0.25, -0.2) is 9.59 Å². The normalized spacial score (nSPS) is 18.7. The number of nitrogens with one attached hydrogen (secondary N) is 1. The van der Waals surface area contributed by atoms with Crippen molar-refractivity contribution in [3.8, 4) is 11.1 Å². The molecule has 2 N–H and O–H groups in total. The van der Waals surface area contributed by atoms with Crippen molar-refractivity contribution < 1.29 is 29.0 Å². The number of methoxy groups -OCH3 is 1. The molecule has 1 fully saturated rings. The molecular weight excluding hydrogens is 534 g/mol. The molecule has 9 nitrogen and oxygen atoms in total. The minimum absolute atomic E-state index is 0.0943. The topological polar surface area (TPSA) is 108 Å². The van der Waals surface area contributed by atoms with Gasteiger partial charge in [-0.3, -0.25) is 9.69 Å². The maximum atomic E-state index is 13.8.